The number of halogens is 1. The predicted octanol–water partition coefficient (Wildman–Crippen LogP) is 4.48. The van der Waals surface area contributed by atoms with E-state index in [9.17, 15) is 9.59 Å². The Bertz CT molecular complexity index is 714. The highest BCUT2D eigenvalue weighted by Crippen LogP contribution is 2.16. The van der Waals surface area contributed by atoms with Crippen LogP contribution in [0.15, 0.2) is 54.6 Å². The fourth-order valence-electron chi connectivity index (χ4n) is 2.04. The molecular weight excluding hydrogens is 326 g/mol. The summed E-state index contributed by atoms with van der Waals surface area (Å²) in [6.07, 6.45) is 4.66. The molecule has 24 heavy (non-hydrogen) atoms. The number of hydrogen-bond donors (Lipinski definition) is 1. The van der Waals surface area contributed by atoms with Crippen molar-refractivity contribution in [1.29, 1.82) is 0 Å². The Hall–Kier alpha value is -2.59. The minimum absolute atomic E-state index is 0.246. The molecular formula is C19H18ClNO3. The van der Waals surface area contributed by atoms with Gasteiger partial charge >= 0.3 is 6.09 Å². The number of nitrogens with one attached hydrogen (secondary N) is 1. The number of carbonyl (C=O) groups is 2. The largest absolute Gasteiger partial charge is 0.445 e. The number of amides is 1. The second-order valence-corrected chi connectivity index (χ2v) is 5.51. The van der Waals surface area contributed by atoms with Crippen molar-refractivity contribution in [2.24, 2.45) is 0 Å². The molecule has 2 rings (SSSR count). The number of alkyl carbamates (subject to hydrolysis) is 1. The van der Waals surface area contributed by atoms with Crippen molar-refractivity contribution < 1.29 is 14.3 Å². The number of ether oxygens (including phenoxy) is 1. The first kappa shape index (κ1) is 17.8. The Morgan fingerprint density at radius 3 is 2.67 bits per heavy atom. The van der Waals surface area contributed by atoms with Crippen LogP contribution in [0.3, 0.4) is 0 Å². The molecule has 0 radical (unpaired) electrons. The quantitative estimate of drug-likeness (QED) is 0.595. The van der Waals surface area contributed by atoms with Gasteiger partial charge in [-0.1, -0.05) is 60.2 Å². The minimum Gasteiger partial charge on any atom is -0.445 e. The Morgan fingerprint density at radius 1 is 1.12 bits per heavy atom. The molecule has 2 aromatic carbocycles. The number of benzene rings is 2. The third kappa shape index (κ3) is 5.89. The third-order valence-corrected chi connectivity index (χ3v) is 3.50. The first-order valence-corrected chi connectivity index (χ1v) is 7.92. The summed E-state index contributed by atoms with van der Waals surface area (Å²) in [4.78, 5) is 22.5. The van der Waals surface area contributed by atoms with Gasteiger partial charge in [-0.3, -0.25) is 4.79 Å². The van der Waals surface area contributed by atoms with Gasteiger partial charge < -0.3 is 10.1 Å². The highest BCUT2D eigenvalue weighted by Gasteiger charge is 2.01. The zero-order chi connectivity index (χ0) is 17.2. The average Bonchev–Trinajstić information content (AvgIpc) is 2.61. The van der Waals surface area contributed by atoms with Crippen LogP contribution in [0.1, 0.15) is 27.9 Å². The number of hydrogen-bond acceptors (Lipinski definition) is 3. The standard InChI is InChI=1S/C19H18ClNO3/c20-18-10-9-16(17(12-18)13-22)8-4-5-11-21-19(23)24-14-15-6-2-1-3-7-15/h1-4,6-10,12-13H,5,11,14H2,(H,21,23). The molecule has 0 aromatic heterocycles. The Labute approximate surface area is 146 Å². The van der Waals surface area contributed by atoms with E-state index in [-0.39, 0.29) is 6.61 Å². The first-order chi connectivity index (χ1) is 11.7. The van der Waals surface area contributed by atoms with Crippen molar-refractivity contribution in [2.75, 3.05) is 6.54 Å². The van der Waals surface area contributed by atoms with Gasteiger partial charge in [0.2, 0.25) is 0 Å². The van der Waals surface area contributed by atoms with Gasteiger partial charge in [0, 0.05) is 17.1 Å². The normalized spacial score (nSPS) is 10.5. The van der Waals surface area contributed by atoms with Gasteiger partial charge in [-0.15, -0.1) is 0 Å². The van der Waals surface area contributed by atoms with E-state index in [2.05, 4.69) is 5.32 Å². The number of carbonyl (C=O) groups excluding carboxylic acids is 2. The number of aldehydes is 1. The van der Waals surface area contributed by atoms with Crippen molar-refractivity contribution >= 4 is 30.1 Å². The van der Waals surface area contributed by atoms with Gasteiger partial charge in [0.05, 0.1) is 0 Å². The van der Waals surface area contributed by atoms with Crippen molar-refractivity contribution in [1.82, 2.24) is 5.32 Å². The topological polar surface area (TPSA) is 55.4 Å². The lowest BCUT2D eigenvalue weighted by molar-refractivity contribution is 0.112. The monoisotopic (exact) mass is 343 g/mol. The Kier molecular flexibility index (Phi) is 7.05. The van der Waals surface area contributed by atoms with Crippen molar-refractivity contribution in [3.8, 4) is 0 Å². The van der Waals surface area contributed by atoms with Crippen molar-refractivity contribution in [3.63, 3.8) is 0 Å². The fraction of sp³-hybridized carbons (Fsp3) is 0.158. The van der Waals surface area contributed by atoms with Gasteiger partial charge in [0.15, 0.2) is 6.29 Å². The Morgan fingerprint density at radius 2 is 1.92 bits per heavy atom. The molecule has 0 aliphatic heterocycles. The summed E-state index contributed by atoms with van der Waals surface area (Å²) in [6, 6.07) is 14.6. The molecule has 2 aromatic rings. The summed E-state index contributed by atoms with van der Waals surface area (Å²) in [5.74, 6) is 0. The predicted molar refractivity (Wildman–Crippen MR) is 95.1 cm³/mol. The zero-order valence-electron chi connectivity index (χ0n) is 13.1. The summed E-state index contributed by atoms with van der Waals surface area (Å²) in [7, 11) is 0. The molecule has 1 N–H and O–H groups in total. The zero-order valence-corrected chi connectivity index (χ0v) is 13.8. The highest BCUT2D eigenvalue weighted by atomic mass is 35.5. The average molecular weight is 344 g/mol. The maximum absolute atomic E-state index is 11.6. The molecule has 5 heteroatoms. The van der Waals surface area contributed by atoms with E-state index < -0.39 is 6.09 Å². The van der Waals surface area contributed by atoms with E-state index in [1.807, 2.05) is 42.5 Å². The van der Waals surface area contributed by atoms with E-state index in [0.717, 1.165) is 17.4 Å². The summed E-state index contributed by atoms with van der Waals surface area (Å²) in [6.45, 7) is 0.699. The van der Waals surface area contributed by atoms with Crippen LogP contribution in [0.4, 0.5) is 4.79 Å². The third-order valence-electron chi connectivity index (χ3n) is 3.27. The second kappa shape index (κ2) is 9.53. The lowest BCUT2D eigenvalue weighted by atomic mass is 10.1. The van der Waals surface area contributed by atoms with Gasteiger partial charge in [-0.05, 0) is 29.7 Å². The first-order valence-electron chi connectivity index (χ1n) is 7.55. The van der Waals surface area contributed by atoms with Crippen LogP contribution in [0, 0.1) is 0 Å². The summed E-state index contributed by atoms with van der Waals surface area (Å²) >= 11 is 5.84. The molecule has 0 bridgehead atoms. The van der Waals surface area contributed by atoms with Crippen LogP contribution < -0.4 is 5.32 Å². The summed E-state index contributed by atoms with van der Waals surface area (Å²) in [5, 5.41) is 3.20. The van der Waals surface area contributed by atoms with Crippen LogP contribution in [-0.2, 0) is 11.3 Å². The van der Waals surface area contributed by atoms with Gasteiger partial charge in [0.25, 0.3) is 0 Å². The van der Waals surface area contributed by atoms with Crippen molar-refractivity contribution in [2.45, 2.75) is 13.0 Å². The highest BCUT2D eigenvalue weighted by molar-refractivity contribution is 6.30. The lowest BCUT2D eigenvalue weighted by Crippen LogP contribution is -2.24. The van der Waals surface area contributed by atoms with Crippen LogP contribution in [0.5, 0.6) is 0 Å². The Balaban J connectivity index is 1.70. The minimum atomic E-state index is -0.452. The van der Waals surface area contributed by atoms with Crippen LogP contribution >= 0.6 is 11.6 Å². The van der Waals surface area contributed by atoms with E-state index >= 15 is 0 Å². The number of rotatable bonds is 7. The smallest absolute Gasteiger partial charge is 0.407 e. The van der Waals surface area contributed by atoms with E-state index in [0.29, 0.717) is 23.6 Å². The fourth-order valence-corrected chi connectivity index (χ4v) is 2.22. The summed E-state index contributed by atoms with van der Waals surface area (Å²) < 4.78 is 5.11. The lowest BCUT2D eigenvalue weighted by Gasteiger charge is -2.06. The molecule has 0 saturated carbocycles. The molecule has 124 valence electrons. The van der Waals surface area contributed by atoms with E-state index in [4.69, 9.17) is 16.3 Å². The van der Waals surface area contributed by atoms with Crippen molar-refractivity contribution in [3.05, 3.63) is 76.3 Å². The maximum atomic E-state index is 11.6. The molecule has 1 amide bonds. The molecule has 4 nitrogen and oxygen atoms in total. The molecule has 0 aliphatic carbocycles. The molecule has 0 unspecified atom stereocenters. The molecule has 0 heterocycles. The SMILES string of the molecule is O=Cc1cc(Cl)ccc1C=CCCNC(=O)OCc1ccccc1. The van der Waals surface area contributed by atoms with Gasteiger partial charge in [-0.25, -0.2) is 4.79 Å². The molecule has 0 fully saturated rings. The van der Waals surface area contributed by atoms with Gasteiger partial charge in [-0.2, -0.15) is 0 Å². The molecule has 0 saturated heterocycles. The van der Waals surface area contributed by atoms with E-state index in [1.165, 1.54) is 0 Å². The van der Waals surface area contributed by atoms with Gasteiger partial charge in [0.1, 0.15) is 6.61 Å². The second-order valence-electron chi connectivity index (χ2n) is 5.07. The van der Waals surface area contributed by atoms with Crippen LogP contribution in [-0.4, -0.2) is 18.9 Å². The molecule has 0 aliphatic rings. The molecule has 0 spiro atoms. The maximum Gasteiger partial charge on any atom is 0.407 e. The van der Waals surface area contributed by atoms with E-state index in [1.54, 1.807) is 18.2 Å². The summed E-state index contributed by atoms with van der Waals surface area (Å²) in [5.41, 5.74) is 2.27. The van der Waals surface area contributed by atoms with Crippen LogP contribution in [0.25, 0.3) is 6.08 Å². The molecule has 0 atom stereocenters. The van der Waals surface area contributed by atoms with Crippen LogP contribution in [0.2, 0.25) is 5.02 Å².